The van der Waals surface area contributed by atoms with Gasteiger partial charge in [0.2, 0.25) is 0 Å². The summed E-state index contributed by atoms with van der Waals surface area (Å²) >= 11 is 1.64. The van der Waals surface area contributed by atoms with Crippen LogP contribution in [0.5, 0.6) is 5.75 Å². The van der Waals surface area contributed by atoms with Crippen LogP contribution in [0.15, 0.2) is 24.3 Å². The number of carbonyl (C=O) groups is 1. The first kappa shape index (κ1) is 39.3. The van der Waals surface area contributed by atoms with Crippen molar-refractivity contribution in [1.29, 1.82) is 0 Å². The van der Waals surface area contributed by atoms with Gasteiger partial charge >= 0.3 is 0 Å². The Bertz CT molecular complexity index is 830. The Labute approximate surface area is 266 Å². The first-order valence-corrected chi connectivity index (χ1v) is 18.1. The molecule has 42 heavy (non-hydrogen) atoms. The minimum atomic E-state index is -0.585. The number of amides is 1. The van der Waals surface area contributed by atoms with Crippen LogP contribution in [0.1, 0.15) is 58.3 Å². The van der Waals surface area contributed by atoms with Gasteiger partial charge in [-0.2, -0.15) is 0 Å². The average molecular weight is 651 g/mol. The second-order valence-electron chi connectivity index (χ2n) is 10.9. The molecule has 12 heteroatoms. The molecular formula is C30H54N2O7S3. The van der Waals surface area contributed by atoms with Crippen LogP contribution in [0.2, 0.25) is 0 Å². The van der Waals surface area contributed by atoms with Gasteiger partial charge in [0, 0.05) is 29.5 Å². The van der Waals surface area contributed by atoms with E-state index in [0.29, 0.717) is 82.7 Å². The van der Waals surface area contributed by atoms with E-state index >= 15 is 0 Å². The molecular weight excluding hydrogens is 597 g/mol. The molecule has 0 aliphatic carbocycles. The average Bonchev–Trinajstić information content (AvgIpc) is 2.95. The Kier molecular flexibility index (Phi) is 22.1. The highest BCUT2D eigenvalue weighted by atomic mass is 33.1. The number of benzene rings is 1. The smallest absolute Gasteiger partial charge is 0.251 e. The van der Waals surface area contributed by atoms with Crippen molar-refractivity contribution in [2.45, 2.75) is 63.7 Å². The Balaban J connectivity index is 2.31. The summed E-state index contributed by atoms with van der Waals surface area (Å²) in [5.41, 5.74) is 0.528. The Hall–Kier alpha value is -0.700. The fourth-order valence-corrected chi connectivity index (χ4v) is 5.67. The van der Waals surface area contributed by atoms with Crippen LogP contribution in [0.4, 0.5) is 0 Å². The number of ether oxygens (including phenoxy) is 6. The zero-order valence-electron chi connectivity index (χ0n) is 26.7. The van der Waals surface area contributed by atoms with Crippen molar-refractivity contribution in [2.75, 3.05) is 84.7 Å². The van der Waals surface area contributed by atoms with Gasteiger partial charge in [0.15, 0.2) is 4.93 Å². The molecule has 1 atom stereocenters. The molecule has 0 saturated carbocycles. The molecule has 0 aliphatic heterocycles. The summed E-state index contributed by atoms with van der Waals surface area (Å²) in [5.74, 6) is 1.08. The van der Waals surface area contributed by atoms with E-state index in [4.69, 9.17) is 28.4 Å². The largest absolute Gasteiger partial charge is 0.490 e. The van der Waals surface area contributed by atoms with Crippen LogP contribution in [-0.2, 0) is 23.7 Å². The lowest BCUT2D eigenvalue weighted by Crippen LogP contribution is -2.33. The summed E-state index contributed by atoms with van der Waals surface area (Å²) in [4.78, 5) is 12.1. The number of rotatable bonds is 26. The van der Waals surface area contributed by atoms with Gasteiger partial charge < -0.3 is 39.1 Å². The van der Waals surface area contributed by atoms with Crippen LogP contribution < -0.4 is 15.4 Å². The molecule has 0 heterocycles. The first-order chi connectivity index (χ1) is 20.0. The zero-order valence-corrected chi connectivity index (χ0v) is 29.1. The van der Waals surface area contributed by atoms with E-state index < -0.39 is 4.93 Å². The number of hydrogen-bond acceptors (Lipinski definition) is 11. The highest BCUT2D eigenvalue weighted by molar-refractivity contribution is 8.77. The van der Waals surface area contributed by atoms with Gasteiger partial charge in [-0.05, 0) is 44.3 Å². The molecule has 1 rings (SSSR count). The maximum Gasteiger partial charge on any atom is 0.251 e. The normalized spacial score (nSPS) is 13.3. The lowest BCUT2D eigenvalue weighted by molar-refractivity contribution is -0.0179. The molecule has 1 unspecified atom stereocenters. The maximum absolute atomic E-state index is 12.7. The monoisotopic (exact) mass is 650 g/mol. The van der Waals surface area contributed by atoms with Gasteiger partial charge in [-0.15, -0.1) is 11.8 Å². The topological polar surface area (TPSA) is 96.5 Å². The van der Waals surface area contributed by atoms with Crippen molar-refractivity contribution in [3.8, 4) is 5.75 Å². The van der Waals surface area contributed by atoms with Gasteiger partial charge in [-0.1, -0.05) is 62.3 Å². The van der Waals surface area contributed by atoms with Crippen LogP contribution in [0.3, 0.4) is 0 Å². The number of carbonyl (C=O) groups excluding carboxylic acids is 1. The zero-order chi connectivity index (χ0) is 31.1. The predicted molar refractivity (Wildman–Crippen MR) is 178 cm³/mol. The quantitative estimate of drug-likeness (QED) is 0.0758. The Morgan fingerprint density at radius 2 is 1.52 bits per heavy atom. The Morgan fingerprint density at radius 3 is 2.19 bits per heavy atom. The molecule has 0 spiro atoms. The molecule has 244 valence electrons. The predicted octanol–water partition coefficient (Wildman–Crippen LogP) is 5.48. The van der Waals surface area contributed by atoms with Crippen molar-refractivity contribution in [2.24, 2.45) is 0 Å². The summed E-state index contributed by atoms with van der Waals surface area (Å²) in [7, 11) is 3.40. The van der Waals surface area contributed by atoms with E-state index in [9.17, 15) is 4.79 Å². The fourth-order valence-electron chi connectivity index (χ4n) is 3.15. The molecule has 1 aromatic carbocycles. The molecule has 1 amide bonds. The van der Waals surface area contributed by atoms with Gasteiger partial charge in [0.25, 0.3) is 5.91 Å². The van der Waals surface area contributed by atoms with Gasteiger partial charge in [-0.25, -0.2) is 0 Å². The van der Waals surface area contributed by atoms with Gasteiger partial charge in [0.1, 0.15) is 12.4 Å². The summed E-state index contributed by atoms with van der Waals surface area (Å²) in [5, 5.41) is 6.25. The van der Waals surface area contributed by atoms with Crippen LogP contribution >= 0.6 is 33.3 Å². The van der Waals surface area contributed by atoms with E-state index in [1.54, 1.807) is 45.5 Å². The molecule has 9 nitrogen and oxygen atoms in total. The molecule has 0 aromatic heterocycles. The van der Waals surface area contributed by atoms with E-state index in [1.807, 2.05) is 25.3 Å². The third-order valence-corrected chi connectivity index (χ3v) is 9.58. The number of hydrogen-bond donors (Lipinski definition) is 2. The van der Waals surface area contributed by atoms with E-state index in [1.165, 1.54) is 0 Å². The minimum absolute atomic E-state index is 0.0684. The third kappa shape index (κ3) is 21.9. The lowest BCUT2D eigenvalue weighted by Gasteiger charge is -2.31. The molecule has 0 radical (unpaired) electrons. The van der Waals surface area contributed by atoms with E-state index in [2.05, 4.69) is 45.3 Å². The van der Waals surface area contributed by atoms with Crippen LogP contribution in [0, 0.1) is 0 Å². The summed E-state index contributed by atoms with van der Waals surface area (Å²) in [6.07, 6.45) is 2.99. The van der Waals surface area contributed by atoms with Gasteiger partial charge in [-0.3, -0.25) is 4.79 Å². The molecule has 2 N–H and O–H groups in total. The SMILES string of the molecule is CSCOCCOC(C)(COc1cccc(C(=O)NCCOCCOCCOCCCNC(C)C)c1)SSC(C)(C)C. The Morgan fingerprint density at radius 1 is 0.857 bits per heavy atom. The third-order valence-electron chi connectivity index (χ3n) is 5.20. The van der Waals surface area contributed by atoms with Gasteiger partial charge in [0.05, 0.1) is 52.2 Å². The van der Waals surface area contributed by atoms with E-state index in [-0.39, 0.29) is 10.7 Å². The fraction of sp³-hybridized carbons (Fsp3) is 0.767. The summed E-state index contributed by atoms with van der Waals surface area (Å²) in [6, 6.07) is 7.68. The minimum Gasteiger partial charge on any atom is -0.490 e. The van der Waals surface area contributed by atoms with Crippen molar-refractivity contribution >= 4 is 39.3 Å². The van der Waals surface area contributed by atoms with Crippen molar-refractivity contribution in [1.82, 2.24) is 10.6 Å². The molecule has 0 saturated heterocycles. The summed E-state index contributed by atoms with van der Waals surface area (Å²) < 4.78 is 34.5. The molecule has 0 bridgehead atoms. The maximum atomic E-state index is 12.7. The highest BCUT2D eigenvalue weighted by Gasteiger charge is 2.30. The summed E-state index contributed by atoms with van der Waals surface area (Å²) in [6.45, 7) is 18.7. The van der Waals surface area contributed by atoms with Crippen molar-refractivity contribution in [3.63, 3.8) is 0 Å². The lowest BCUT2D eigenvalue weighted by atomic mass is 10.2. The number of thioether (sulfide) groups is 1. The molecule has 1 aromatic rings. The van der Waals surface area contributed by atoms with Crippen LogP contribution in [0.25, 0.3) is 0 Å². The highest BCUT2D eigenvalue weighted by Crippen LogP contribution is 2.44. The van der Waals surface area contributed by atoms with Crippen molar-refractivity contribution in [3.05, 3.63) is 29.8 Å². The van der Waals surface area contributed by atoms with Crippen molar-refractivity contribution < 1.29 is 33.2 Å². The second-order valence-corrected chi connectivity index (χ2v) is 15.2. The standard InChI is InChI=1S/C30H54N2O7S3/c1-25(2)31-12-9-14-34-16-18-36-19-17-35-15-13-32-28(33)26-10-8-11-27(22-26)38-23-30(6,42-41-29(3,4)5)39-21-20-37-24-40-7/h8,10-11,22,25,31H,9,12-21,23-24H2,1-7H3,(H,32,33). The molecule has 0 aliphatic rings. The second kappa shape index (κ2) is 23.7. The van der Waals surface area contributed by atoms with E-state index in [0.717, 1.165) is 19.6 Å². The first-order valence-electron chi connectivity index (χ1n) is 14.6. The molecule has 0 fully saturated rings. The number of nitrogens with one attached hydrogen (secondary N) is 2. The van der Waals surface area contributed by atoms with Crippen LogP contribution in [-0.4, -0.2) is 106 Å².